The van der Waals surface area contributed by atoms with Gasteiger partial charge in [-0.3, -0.25) is 14.4 Å². The van der Waals surface area contributed by atoms with E-state index in [0.717, 1.165) is 80.7 Å². The monoisotopic (exact) mass is 718 g/mol. The Hall–Kier alpha value is -5.05. The smallest absolute Gasteiger partial charge is 0.321 e. The topological polar surface area (TPSA) is 129 Å². The van der Waals surface area contributed by atoms with Crippen molar-refractivity contribution in [3.63, 3.8) is 0 Å². The van der Waals surface area contributed by atoms with E-state index in [1.807, 2.05) is 19.1 Å². The molecule has 9 heteroatoms. The average Bonchev–Trinajstić information content (AvgIpc) is 3.87. The van der Waals surface area contributed by atoms with Crippen LogP contribution in [0.4, 0.5) is 0 Å². The molecule has 1 aliphatic carbocycles. The maximum Gasteiger partial charge on any atom is 0.321 e. The molecule has 0 amide bonds. The summed E-state index contributed by atoms with van der Waals surface area (Å²) in [6.45, 7) is 19.0. The second-order valence-corrected chi connectivity index (χ2v) is 14.8. The van der Waals surface area contributed by atoms with Gasteiger partial charge in [0.15, 0.2) is 5.78 Å². The van der Waals surface area contributed by atoms with Crippen LogP contribution in [-0.2, 0) is 25.5 Å². The molecule has 9 nitrogen and oxygen atoms in total. The molecule has 3 aromatic rings. The number of ether oxygens (including phenoxy) is 2. The third kappa shape index (κ3) is 6.94. The Bertz CT molecular complexity index is 2200. The summed E-state index contributed by atoms with van der Waals surface area (Å²) in [7, 11) is 1.32. The van der Waals surface area contributed by atoms with Crippen molar-refractivity contribution in [1.29, 1.82) is 0 Å². The Kier molecular flexibility index (Phi) is 11.0. The van der Waals surface area contributed by atoms with Crippen molar-refractivity contribution in [1.82, 2.24) is 20.3 Å². The van der Waals surface area contributed by atoms with E-state index in [-0.39, 0.29) is 36.6 Å². The Morgan fingerprint density at radius 2 is 1.66 bits per heavy atom. The number of ketones is 1. The lowest BCUT2D eigenvalue weighted by Crippen LogP contribution is -2.25. The van der Waals surface area contributed by atoms with Gasteiger partial charge in [0.1, 0.15) is 12.5 Å². The zero-order valence-electron chi connectivity index (χ0n) is 32.5. The van der Waals surface area contributed by atoms with E-state index in [9.17, 15) is 14.4 Å². The molecule has 53 heavy (non-hydrogen) atoms. The van der Waals surface area contributed by atoms with E-state index in [4.69, 9.17) is 9.47 Å². The van der Waals surface area contributed by atoms with E-state index in [1.165, 1.54) is 31.1 Å². The number of carbonyl (C=O) groups is 3. The van der Waals surface area contributed by atoms with Crippen LogP contribution in [0.1, 0.15) is 127 Å². The van der Waals surface area contributed by atoms with Gasteiger partial charge in [0.2, 0.25) is 0 Å². The molecule has 0 unspecified atom stereocenters. The molecule has 0 aromatic carbocycles. The minimum atomic E-state index is -1.14. The molecule has 1 fully saturated rings. The Morgan fingerprint density at radius 1 is 0.925 bits per heavy atom. The van der Waals surface area contributed by atoms with Gasteiger partial charge >= 0.3 is 11.9 Å². The van der Waals surface area contributed by atoms with E-state index >= 15 is 0 Å². The second kappa shape index (κ2) is 15.5. The number of hydrogen-bond donors (Lipinski definition) is 4. The van der Waals surface area contributed by atoms with Gasteiger partial charge in [0, 0.05) is 74.1 Å². The summed E-state index contributed by atoms with van der Waals surface area (Å²) >= 11 is 0. The van der Waals surface area contributed by atoms with Crippen LogP contribution in [0.2, 0.25) is 0 Å². The molecule has 5 heterocycles. The summed E-state index contributed by atoms with van der Waals surface area (Å²) in [6.07, 6.45) is 16.1. The second-order valence-electron chi connectivity index (χ2n) is 14.8. The standard InChI is InChI=1S/C44H54N4O5/c1-10-13-14-15-23(4)18-19-53-37(49)17-16-30-26(7)33-20-31-24(5)28(11-2)35(45-31)21-32-25(6)29(12-3)36(46-32)22-34-27(8)38-42(48-34)39(41(30)47-33)40(43(38)50)44(51)52-9/h11,18,20-22,26,30,40,45-48H,2,10,12-17,19H2,1,3-9H3/b23-18-,32-21-,33-20-,36-22-,41-39-/t26-,30-,40+/m0/s1. The largest absolute Gasteiger partial charge is 0.468 e. The maximum absolute atomic E-state index is 14.3. The summed E-state index contributed by atoms with van der Waals surface area (Å²) in [5, 5.41) is 5.63. The lowest BCUT2D eigenvalue weighted by atomic mass is 9.85. The van der Waals surface area contributed by atoms with Crippen molar-refractivity contribution < 1.29 is 23.9 Å². The van der Waals surface area contributed by atoms with Crippen molar-refractivity contribution in [2.24, 2.45) is 17.8 Å². The number of esters is 2. The van der Waals surface area contributed by atoms with E-state index in [0.29, 0.717) is 23.3 Å². The number of nitrogens with one attached hydrogen (secondary N) is 4. The highest BCUT2D eigenvalue weighted by molar-refractivity contribution is 6.24. The van der Waals surface area contributed by atoms with Crippen LogP contribution < -0.4 is 16.0 Å². The maximum atomic E-state index is 14.3. The van der Waals surface area contributed by atoms with Crippen LogP contribution in [0.15, 0.2) is 29.6 Å². The van der Waals surface area contributed by atoms with Crippen LogP contribution in [0.3, 0.4) is 0 Å². The van der Waals surface area contributed by atoms with Crippen molar-refractivity contribution in [2.45, 2.75) is 93.4 Å². The number of hydrogen-bond acceptors (Lipinski definition) is 6. The molecule has 0 radical (unpaired) electrons. The van der Waals surface area contributed by atoms with E-state index in [1.54, 1.807) is 0 Å². The lowest BCUT2D eigenvalue weighted by Gasteiger charge is -2.19. The molecule has 1 saturated heterocycles. The molecule has 0 saturated carbocycles. The molecule has 3 aromatic heterocycles. The molecule has 2 aliphatic heterocycles. The summed E-state index contributed by atoms with van der Waals surface area (Å²) in [5.74, 6) is -2.61. The van der Waals surface area contributed by atoms with Crippen LogP contribution in [0.5, 0.6) is 0 Å². The molecular formula is C44H54N4O5. The SMILES string of the molecule is C=Cc1c2[nH]c(c1C)/C=C1\N/C(=C3\c4[nH]c(c(C)c4C(=O)[C@@H]3C(=O)OC)/C=c3\[nH]/c(c(C)c3CC)=C\2)[C@@H](CCC(=O)OC/C=C(/C)CCCCC)[C@@H]1C. The highest BCUT2D eigenvalue weighted by atomic mass is 16.5. The van der Waals surface area contributed by atoms with Gasteiger partial charge < -0.3 is 29.7 Å². The molecule has 4 N–H and O–H groups in total. The zero-order valence-corrected chi connectivity index (χ0v) is 32.5. The predicted octanol–water partition coefficient (Wildman–Crippen LogP) is 7.22. The summed E-state index contributed by atoms with van der Waals surface area (Å²) in [4.78, 5) is 51.8. The Labute approximate surface area is 312 Å². The van der Waals surface area contributed by atoms with E-state index < -0.39 is 11.9 Å². The lowest BCUT2D eigenvalue weighted by molar-refractivity contribution is -0.143. The van der Waals surface area contributed by atoms with Crippen molar-refractivity contribution >= 4 is 47.6 Å². The average molecular weight is 719 g/mol. The molecule has 3 atom stereocenters. The first-order chi connectivity index (χ1) is 25.4. The fourth-order valence-corrected chi connectivity index (χ4v) is 8.38. The fraction of sp³-hybridized carbons (Fsp3) is 0.432. The first-order valence-corrected chi connectivity index (χ1v) is 19.1. The van der Waals surface area contributed by atoms with Gasteiger partial charge in [-0.1, -0.05) is 51.8 Å². The van der Waals surface area contributed by atoms with Gasteiger partial charge in [-0.05, 0) is 99.9 Å². The highest BCUT2D eigenvalue weighted by Crippen LogP contribution is 2.48. The number of carbonyl (C=O) groups excluding carboxylic acids is 3. The van der Waals surface area contributed by atoms with Crippen LogP contribution in [-0.4, -0.2) is 46.4 Å². The van der Waals surface area contributed by atoms with Crippen LogP contribution in [0, 0.1) is 38.5 Å². The number of allylic oxidation sites excluding steroid dienone is 3. The molecule has 0 spiro atoms. The summed E-state index contributed by atoms with van der Waals surface area (Å²) < 4.78 is 10.9. The minimum Gasteiger partial charge on any atom is -0.468 e. The predicted molar refractivity (Wildman–Crippen MR) is 211 cm³/mol. The van der Waals surface area contributed by atoms with Crippen molar-refractivity contribution in [2.75, 3.05) is 13.7 Å². The first-order valence-electron chi connectivity index (χ1n) is 19.1. The number of unbranched alkanes of at least 4 members (excludes halogenated alkanes) is 2. The third-order valence-electron chi connectivity index (χ3n) is 11.6. The number of rotatable bonds is 12. The van der Waals surface area contributed by atoms with Gasteiger partial charge in [0.25, 0.3) is 0 Å². The van der Waals surface area contributed by atoms with Gasteiger partial charge in [-0.2, -0.15) is 0 Å². The normalized spacial score (nSPS) is 22.7. The Balaban J connectivity index is 1.50. The van der Waals surface area contributed by atoms with Crippen molar-refractivity contribution in [3.8, 4) is 0 Å². The third-order valence-corrected chi connectivity index (χ3v) is 11.6. The quantitative estimate of drug-likeness (QED) is 0.0678. The molecule has 8 bridgehead atoms. The minimum absolute atomic E-state index is 0.0801. The molecular weight excluding hydrogens is 665 g/mol. The number of H-pyrrole nitrogens is 3. The van der Waals surface area contributed by atoms with Gasteiger partial charge in [-0.15, -0.1) is 0 Å². The number of aromatic amines is 3. The highest BCUT2D eigenvalue weighted by Gasteiger charge is 2.48. The fourth-order valence-electron chi connectivity index (χ4n) is 8.38. The number of aromatic nitrogens is 3. The first kappa shape index (κ1) is 37.7. The zero-order chi connectivity index (χ0) is 38.1. The molecule has 280 valence electrons. The van der Waals surface area contributed by atoms with E-state index in [2.05, 4.69) is 86.6 Å². The van der Waals surface area contributed by atoms with Gasteiger partial charge in [0.05, 0.1) is 12.8 Å². The number of fused-ring (bicyclic) bond motifs is 7. The summed E-state index contributed by atoms with van der Waals surface area (Å²) in [6, 6.07) is 0. The van der Waals surface area contributed by atoms with Crippen molar-refractivity contribution in [3.05, 3.63) is 96.5 Å². The molecule has 3 aliphatic rings. The molecule has 6 rings (SSSR count). The number of methoxy groups -OCH3 is 1. The Morgan fingerprint density at radius 3 is 2.36 bits per heavy atom. The summed E-state index contributed by atoms with van der Waals surface area (Å²) in [5.41, 5.74) is 12.4. The number of Topliss-reactive ketones (excluding diaryl/α,β-unsaturated/α-hetero) is 1. The van der Waals surface area contributed by atoms with Crippen LogP contribution >= 0.6 is 0 Å². The van der Waals surface area contributed by atoms with Crippen LogP contribution in [0.25, 0.3) is 29.9 Å². The van der Waals surface area contributed by atoms with Gasteiger partial charge in [-0.25, -0.2) is 0 Å².